The Balaban J connectivity index is 1.47. The normalized spacial score (nSPS) is 12.8. The molecule has 0 aliphatic heterocycles. The van der Waals surface area contributed by atoms with Gasteiger partial charge in [-0.2, -0.15) is 0 Å². The third-order valence-corrected chi connectivity index (χ3v) is 6.14. The van der Waals surface area contributed by atoms with Crippen LogP contribution in [0.4, 0.5) is 11.4 Å². The molecule has 1 heterocycles. The molecule has 2 N–H and O–H groups in total. The molecule has 0 saturated carbocycles. The third kappa shape index (κ3) is 7.25. The zero-order valence-electron chi connectivity index (χ0n) is 20.5. The highest BCUT2D eigenvalue weighted by atomic mass is 16.6. The Labute approximate surface area is 216 Å². The molecule has 0 radical (unpaired) electrons. The van der Waals surface area contributed by atoms with Gasteiger partial charge in [-0.25, -0.2) is 0 Å². The van der Waals surface area contributed by atoms with E-state index in [1.54, 1.807) is 24.3 Å². The summed E-state index contributed by atoms with van der Waals surface area (Å²) in [6.45, 7) is 2.73. The summed E-state index contributed by atoms with van der Waals surface area (Å²) >= 11 is 0. The fraction of sp³-hybridized carbons (Fsp3) is 0.167. The predicted molar refractivity (Wildman–Crippen MR) is 146 cm³/mol. The van der Waals surface area contributed by atoms with Crippen LogP contribution in [0, 0.1) is 10.1 Å². The van der Waals surface area contributed by atoms with Crippen molar-refractivity contribution in [3.05, 3.63) is 136 Å². The summed E-state index contributed by atoms with van der Waals surface area (Å²) in [5.74, 6) is 0.534. The first-order chi connectivity index (χ1) is 18.0. The van der Waals surface area contributed by atoms with Gasteiger partial charge in [-0.15, -0.1) is 0 Å². The zero-order chi connectivity index (χ0) is 26.0. The van der Waals surface area contributed by atoms with Crippen molar-refractivity contribution in [3.8, 4) is 0 Å². The lowest BCUT2D eigenvalue weighted by Gasteiger charge is -2.24. The summed E-state index contributed by atoms with van der Waals surface area (Å²) in [4.78, 5) is 23.3. The molecule has 37 heavy (non-hydrogen) atoms. The average molecular weight is 496 g/mol. The smallest absolute Gasteiger partial charge is 0.291 e. The van der Waals surface area contributed by atoms with E-state index in [0.29, 0.717) is 24.4 Å². The first-order valence-corrected chi connectivity index (χ1v) is 12.1. The van der Waals surface area contributed by atoms with Gasteiger partial charge in [-0.3, -0.25) is 14.9 Å². The number of nitrogens with one attached hydrogen (secondary N) is 2. The van der Waals surface area contributed by atoms with Crippen molar-refractivity contribution in [3.63, 3.8) is 0 Å². The van der Waals surface area contributed by atoms with E-state index < -0.39 is 4.92 Å². The van der Waals surface area contributed by atoms with Gasteiger partial charge in [0.05, 0.1) is 4.92 Å². The van der Waals surface area contributed by atoms with Crippen molar-refractivity contribution in [1.82, 2.24) is 5.32 Å². The maximum Gasteiger partial charge on any atom is 0.291 e. The number of furan rings is 1. The zero-order valence-corrected chi connectivity index (χ0v) is 20.5. The number of nitro groups is 1. The van der Waals surface area contributed by atoms with Crippen LogP contribution >= 0.6 is 0 Å². The molecular weight excluding hydrogens is 466 g/mol. The van der Waals surface area contributed by atoms with Crippen molar-refractivity contribution in [1.29, 1.82) is 0 Å². The lowest BCUT2D eigenvalue weighted by molar-refractivity contribution is -0.384. The number of carbonyl (C=O) groups excluding carboxylic acids is 1. The van der Waals surface area contributed by atoms with Gasteiger partial charge in [-0.05, 0) is 42.3 Å². The fourth-order valence-electron chi connectivity index (χ4n) is 4.12. The summed E-state index contributed by atoms with van der Waals surface area (Å²) in [5, 5.41) is 17.5. The van der Waals surface area contributed by atoms with Crippen molar-refractivity contribution in [2.45, 2.75) is 25.3 Å². The summed E-state index contributed by atoms with van der Waals surface area (Å²) < 4.78 is 5.90. The molecule has 4 aromatic rings. The molecule has 4 rings (SSSR count). The molecule has 7 nitrogen and oxygen atoms in total. The Hall–Kier alpha value is -4.49. The highest BCUT2D eigenvalue weighted by Crippen LogP contribution is 2.27. The molecule has 7 heteroatoms. The van der Waals surface area contributed by atoms with Crippen LogP contribution in [0.5, 0.6) is 0 Å². The molecule has 0 fully saturated rings. The minimum absolute atomic E-state index is 0.0218. The second kappa shape index (κ2) is 12.5. The number of benzene rings is 3. The van der Waals surface area contributed by atoms with E-state index in [0.717, 1.165) is 11.1 Å². The van der Waals surface area contributed by atoms with Gasteiger partial charge >= 0.3 is 0 Å². The topological polar surface area (TPSA) is 97.4 Å². The number of anilines is 1. The van der Waals surface area contributed by atoms with E-state index in [2.05, 4.69) is 29.7 Å². The Morgan fingerprint density at radius 3 is 2.30 bits per heavy atom. The van der Waals surface area contributed by atoms with E-state index in [1.807, 2.05) is 60.7 Å². The van der Waals surface area contributed by atoms with Crippen molar-refractivity contribution >= 4 is 23.4 Å². The number of amides is 1. The molecule has 0 bridgehead atoms. The van der Waals surface area contributed by atoms with Crippen molar-refractivity contribution < 1.29 is 14.1 Å². The Morgan fingerprint density at radius 2 is 1.62 bits per heavy atom. The van der Waals surface area contributed by atoms with E-state index in [1.165, 1.54) is 12.1 Å². The summed E-state index contributed by atoms with van der Waals surface area (Å²) in [6, 6.07) is 29.4. The maximum absolute atomic E-state index is 12.6. The monoisotopic (exact) mass is 495 g/mol. The number of nitro benzene ring substituents is 1. The molecular formula is C30H29N3O4. The van der Waals surface area contributed by atoms with Crippen LogP contribution in [0.2, 0.25) is 0 Å². The molecule has 188 valence electrons. The standard InChI is InChI=1S/C30H29N3O4/c1-22(31-20-8-11-23-9-4-2-5-10-23)28(24-14-16-26(17-15-24)33(35)36)21-27-18-19-29(37-27)30(34)32-25-12-6-3-7-13-25/h2-19,22,28,31H,20-21H2,1H3,(H,32,34)/b11-8+/t22-,28+/m0/s1. The molecule has 1 amide bonds. The van der Waals surface area contributed by atoms with E-state index >= 15 is 0 Å². The lowest BCUT2D eigenvalue weighted by atomic mass is 9.88. The van der Waals surface area contributed by atoms with Crippen molar-refractivity contribution in [2.24, 2.45) is 0 Å². The van der Waals surface area contributed by atoms with Crippen LogP contribution in [0.1, 0.15) is 40.3 Å². The van der Waals surface area contributed by atoms with E-state index in [9.17, 15) is 14.9 Å². The number of para-hydroxylation sites is 1. The quantitative estimate of drug-likeness (QED) is 0.184. The summed E-state index contributed by atoms with van der Waals surface area (Å²) in [6.07, 6.45) is 4.65. The van der Waals surface area contributed by atoms with Crippen LogP contribution in [-0.2, 0) is 6.42 Å². The largest absolute Gasteiger partial charge is 0.456 e. The lowest BCUT2D eigenvalue weighted by Crippen LogP contribution is -2.33. The minimum atomic E-state index is -0.404. The number of hydrogen-bond donors (Lipinski definition) is 2. The number of rotatable bonds is 11. The molecule has 0 aliphatic carbocycles. The second-order valence-corrected chi connectivity index (χ2v) is 8.76. The van der Waals surface area contributed by atoms with Gasteiger partial charge in [0.15, 0.2) is 5.76 Å². The van der Waals surface area contributed by atoms with Gasteiger partial charge in [-0.1, -0.05) is 72.8 Å². The fourth-order valence-corrected chi connectivity index (χ4v) is 4.12. The van der Waals surface area contributed by atoms with Crippen LogP contribution in [0.25, 0.3) is 6.08 Å². The summed E-state index contributed by atoms with van der Waals surface area (Å²) in [7, 11) is 0. The predicted octanol–water partition coefficient (Wildman–Crippen LogP) is 6.46. The number of nitrogens with zero attached hydrogens (tertiary/aromatic N) is 1. The summed E-state index contributed by atoms with van der Waals surface area (Å²) in [5.41, 5.74) is 2.81. The van der Waals surface area contributed by atoms with Gasteiger partial charge < -0.3 is 15.1 Å². The second-order valence-electron chi connectivity index (χ2n) is 8.76. The number of carbonyl (C=O) groups is 1. The van der Waals surface area contributed by atoms with Gasteiger partial charge in [0.2, 0.25) is 0 Å². The van der Waals surface area contributed by atoms with Crippen LogP contribution in [0.3, 0.4) is 0 Å². The highest BCUT2D eigenvalue weighted by Gasteiger charge is 2.23. The molecule has 0 unspecified atom stereocenters. The van der Waals surface area contributed by atoms with Crippen LogP contribution in [0.15, 0.2) is 108 Å². The SMILES string of the molecule is C[C@H](NC/C=C/c1ccccc1)[C@@H](Cc1ccc(C(=O)Nc2ccccc2)o1)c1ccc([N+](=O)[O-])cc1. The van der Waals surface area contributed by atoms with E-state index in [4.69, 9.17) is 4.42 Å². The number of hydrogen-bond acceptors (Lipinski definition) is 5. The Kier molecular flexibility index (Phi) is 8.62. The average Bonchev–Trinajstić information content (AvgIpc) is 3.40. The first-order valence-electron chi connectivity index (χ1n) is 12.1. The van der Waals surface area contributed by atoms with Crippen LogP contribution < -0.4 is 10.6 Å². The van der Waals surface area contributed by atoms with Gasteiger partial charge in [0.25, 0.3) is 11.6 Å². The molecule has 2 atom stereocenters. The van der Waals surface area contributed by atoms with Gasteiger partial charge in [0.1, 0.15) is 5.76 Å². The van der Waals surface area contributed by atoms with E-state index in [-0.39, 0.29) is 29.3 Å². The Morgan fingerprint density at radius 1 is 0.946 bits per heavy atom. The van der Waals surface area contributed by atoms with Crippen LogP contribution in [-0.4, -0.2) is 23.4 Å². The maximum atomic E-state index is 12.6. The molecule has 0 aliphatic rings. The Bertz CT molecular complexity index is 1330. The number of non-ortho nitro benzene ring substituents is 1. The third-order valence-electron chi connectivity index (χ3n) is 6.14. The molecule has 0 saturated heterocycles. The highest BCUT2D eigenvalue weighted by molar-refractivity contribution is 6.02. The molecule has 0 spiro atoms. The molecule has 3 aromatic carbocycles. The first kappa shape index (κ1) is 25.6. The van der Waals surface area contributed by atoms with Crippen molar-refractivity contribution in [2.75, 3.05) is 11.9 Å². The molecule has 1 aromatic heterocycles. The van der Waals surface area contributed by atoms with Gasteiger partial charge in [0, 0.05) is 42.7 Å². The minimum Gasteiger partial charge on any atom is -0.456 e.